The number of carbonyl (C=O) groups is 1. The molecule has 1 aromatic rings. The summed E-state index contributed by atoms with van der Waals surface area (Å²) in [6.07, 6.45) is 2.13. The highest BCUT2D eigenvalue weighted by Gasteiger charge is 2.16. The van der Waals surface area contributed by atoms with Gasteiger partial charge in [-0.05, 0) is 31.5 Å². The largest absolute Gasteiger partial charge is 0.339 e. The number of hydrogen-bond acceptors (Lipinski definition) is 1. The van der Waals surface area contributed by atoms with Gasteiger partial charge in [-0.3, -0.25) is 4.79 Å². The minimum Gasteiger partial charge on any atom is -0.339 e. The predicted molar refractivity (Wildman–Crippen MR) is 70.6 cm³/mol. The normalized spacial score (nSPS) is 12.2. The summed E-state index contributed by atoms with van der Waals surface area (Å²) in [6, 6.07) is 7.80. The Kier molecular flexibility index (Phi) is 5.00. The average molecular weight is 284 g/mol. The van der Waals surface area contributed by atoms with Gasteiger partial charge in [-0.15, -0.1) is 0 Å². The van der Waals surface area contributed by atoms with Crippen LogP contribution in [0.25, 0.3) is 0 Å². The highest BCUT2D eigenvalue weighted by atomic mass is 79.9. The van der Waals surface area contributed by atoms with E-state index >= 15 is 0 Å². The molecule has 0 aliphatic carbocycles. The van der Waals surface area contributed by atoms with E-state index in [1.807, 2.05) is 36.2 Å². The molecule has 0 N–H and O–H groups in total. The molecule has 0 aromatic heterocycles. The zero-order valence-electron chi connectivity index (χ0n) is 10.0. The second-order valence-corrected chi connectivity index (χ2v) is 4.98. The minimum absolute atomic E-state index is 0.0854. The van der Waals surface area contributed by atoms with Crippen molar-refractivity contribution in [1.82, 2.24) is 4.90 Å². The van der Waals surface area contributed by atoms with Gasteiger partial charge in [0.15, 0.2) is 0 Å². The fraction of sp³-hybridized carbons (Fsp3) is 0.462. The van der Waals surface area contributed by atoms with Crippen LogP contribution in [0.2, 0.25) is 0 Å². The Balaban J connectivity index is 2.77. The van der Waals surface area contributed by atoms with Crippen LogP contribution in [0.15, 0.2) is 28.7 Å². The van der Waals surface area contributed by atoms with Crippen molar-refractivity contribution < 1.29 is 4.79 Å². The molecule has 0 aliphatic rings. The highest BCUT2D eigenvalue weighted by molar-refractivity contribution is 9.10. The van der Waals surface area contributed by atoms with E-state index in [9.17, 15) is 4.79 Å². The Hall–Kier alpha value is -0.830. The molecule has 0 aliphatic heterocycles. The summed E-state index contributed by atoms with van der Waals surface area (Å²) in [6.45, 7) is 4.22. The van der Waals surface area contributed by atoms with Crippen molar-refractivity contribution in [3.05, 3.63) is 34.3 Å². The summed E-state index contributed by atoms with van der Waals surface area (Å²) < 4.78 is 0.940. The van der Waals surface area contributed by atoms with E-state index in [4.69, 9.17) is 0 Å². The molecule has 1 aromatic carbocycles. The van der Waals surface area contributed by atoms with Gasteiger partial charge in [0.2, 0.25) is 0 Å². The van der Waals surface area contributed by atoms with Gasteiger partial charge in [0.1, 0.15) is 0 Å². The maximum Gasteiger partial charge on any atom is 0.253 e. The van der Waals surface area contributed by atoms with Gasteiger partial charge in [0, 0.05) is 23.1 Å². The van der Waals surface area contributed by atoms with E-state index in [0.29, 0.717) is 0 Å². The average Bonchev–Trinajstić information content (AvgIpc) is 2.27. The van der Waals surface area contributed by atoms with Gasteiger partial charge < -0.3 is 4.90 Å². The first-order valence-electron chi connectivity index (χ1n) is 5.59. The first kappa shape index (κ1) is 13.2. The molecule has 16 heavy (non-hydrogen) atoms. The van der Waals surface area contributed by atoms with Crippen LogP contribution in [0.4, 0.5) is 0 Å². The number of nitrogens with zero attached hydrogens (tertiary/aromatic N) is 1. The molecule has 0 spiro atoms. The maximum atomic E-state index is 12.1. The van der Waals surface area contributed by atoms with E-state index in [1.165, 1.54) is 0 Å². The van der Waals surface area contributed by atoms with Crippen LogP contribution < -0.4 is 0 Å². The topological polar surface area (TPSA) is 20.3 Å². The molecule has 0 fully saturated rings. The summed E-state index contributed by atoms with van der Waals surface area (Å²) in [5.74, 6) is 0.0854. The van der Waals surface area contributed by atoms with E-state index in [2.05, 4.69) is 29.8 Å². The zero-order valence-corrected chi connectivity index (χ0v) is 11.6. The lowest BCUT2D eigenvalue weighted by Crippen LogP contribution is -2.34. The minimum atomic E-state index is 0.0854. The summed E-state index contributed by atoms with van der Waals surface area (Å²) in [5, 5.41) is 0. The first-order valence-corrected chi connectivity index (χ1v) is 6.38. The molecule has 1 unspecified atom stereocenters. The van der Waals surface area contributed by atoms with E-state index in [0.717, 1.165) is 22.9 Å². The summed E-state index contributed by atoms with van der Waals surface area (Å²) >= 11 is 3.38. The Bertz CT molecular complexity index is 365. The molecule has 0 radical (unpaired) electrons. The molecular weight excluding hydrogens is 266 g/mol. The van der Waals surface area contributed by atoms with Gasteiger partial charge in [-0.2, -0.15) is 0 Å². The molecule has 1 rings (SSSR count). The lowest BCUT2D eigenvalue weighted by molar-refractivity contribution is 0.0736. The summed E-state index contributed by atoms with van der Waals surface area (Å²) in [4.78, 5) is 13.9. The third-order valence-electron chi connectivity index (χ3n) is 2.76. The quantitative estimate of drug-likeness (QED) is 0.825. The number of halogens is 1. The first-order chi connectivity index (χ1) is 7.56. The van der Waals surface area contributed by atoms with Crippen LogP contribution in [0.5, 0.6) is 0 Å². The number of rotatable bonds is 4. The zero-order chi connectivity index (χ0) is 12.1. The van der Waals surface area contributed by atoms with Crippen molar-refractivity contribution in [2.75, 3.05) is 7.05 Å². The molecule has 1 atom stereocenters. The molecule has 0 bridgehead atoms. The fourth-order valence-corrected chi connectivity index (χ4v) is 2.04. The summed E-state index contributed by atoms with van der Waals surface area (Å²) in [7, 11) is 1.86. The molecule has 1 amide bonds. The second-order valence-electron chi connectivity index (χ2n) is 4.06. The standard InChI is InChI=1S/C13H18BrNO/c1-4-6-10(2)15(3)13(16)11-7-5-8-12(14)9-11/h5,7-10H,4,6H2,1-3H3. The lowest BCUT2D eigenvalue weighted by Gasteiger charge is -2.24. The van der Waals surface area contributed by atoms with Gasteiger partial charge >= 0.3 is 0 Å². The number of amides is 1. The highest BCUT2D eigenvalue weighted by Crippen LogP contribution is 2.15. The monoisotopic (exact) mass is 283 g/mol. The van der Waals surface area contributed by atoms with Crippen molar-refractivity contribution >= 4 is 21.8 Å². The van der Waals surface area contributed by atoms with Gasteiger partial charge in [0.25, 0.3) is 5.91 Å². The Morgan fingerprint density at radius 1 is 1.50 bits per heavy atom. The van der Waals surface area contributed by atoms with E-state index < -0.39 is 0 Å². The molecule has 88 valence electrons. The Morgan fingerprint density at radius 3 is 2.75 bits per heavy atom. The third kappa shape index (κ3) is 3.34. The second kappa shape index (κ2) is 6.04. The van der Waals surface area contributed by atoms with Crippen molar-refractivity contribution in [3.63, 3.8) is 0 Å². The van der Waals surface area contributed by atoms with Crippen molar-refractivity contribution in [2.24, 2.45) is 0 Å². The number of carbonyl (C=O) groups excluding carboxylic acids is 1. The Labute approximate surface area is 106 Å². The SMILES string of the molecule is CCCC(C)N(C)C(=O)c1cccc(Br)c1. The van der Waals surface area contributed by atoms with Crippen LogP contribution in [-0.2, 0) is 0 Å². The lowest BCUT2D eigenvalue weighted by atomic mass is 10.1. The molecule has 3 heteroatoms. The molecular formula is C13H18BrNO. The molecule has 0 saturated carbocycles. The van der Waals surface area contributed by atoms with Crippen LogP contribution in [0.1, 0.15) is 37.0 Å². The molecule has 0 heterocycles. The summed E-state index contributed by atoms with van der Waals surface area (Å²) in [5.41, 5.74) is 0.736. The number of hydrogen-bond donors (Lipinski definition) is 0. The van der Waals surface area contributed by atoms with Gasteiger partial charge in [-0.1, -0.05) is 35.3 Å². The molecule has 2 nitrogen and oxygen atoms in total. The van der Waals surface area contributed by atoms with Crippen LogP contribution >= 0.6 is 15.9 Å². The smallest absolute Gasteiger partial charge is 0.253 e. The van der Waals surface area contributed by atoms with Gasteiger partial charge in [0.05, 0.1) is 0 Å². The fourth-order valence-electron chi connectivity index (χ4n) is 1.64. The van der Waals surface area contributed by atoms with Crippen molar-refractivity contribution in [3.8, 4) is 0 Å². The number of benzene rings is 1. The van der Waals surface area contributed by atoms with E-state index in [-0.39, 0.29) is 11.9 Å². The maximum absolute atomic E-state index is 12.1. The van der Waals surface area contributed by atoms with Crippen LogP contribution in [0, 0.1) is 0 Å². The predicted octanol–water partition coefficient (Wildman–Crippen LogP) is 3.71. The van der Waals surface area contributed by atoms with Crippen LogP contribution in [0.3, 0.4) is 0 Å². The van der Waals surface area contributed by atoms with Crippen molar-refractivity contribution in [1.29, 1.82) is 0 Å². The van der Waals surface area contributed by atoms with Gasteiger partial charge in [-0.25, -0.2) is 0 Å². The third-order valence-corrected chi connectivity index (χ3v) is 3.25. The van der Waals surface area contributed by atoms with E-state index in [1.54, 1.807) is 0 Å². The molecule has 0 saturated heterocycles. The Morgan fingerprint density at radius 2 is 2.19 bits per heavy atom. The van der Waals surface area contributed by atoms with Crippen LogP contribution in [-0.4, -0.2) is 23.9 Å². The van der Waals surface area contributed by atoms with Crippen molar-refractivity contribution in [2.45, 2.75) is 32.7 Å².